The monoisotopic (exact) mass is 468 g/mol. The molecule has 0 fully saturated rings. The van der Waals surface area contributed by atoms with E-state index < -0.39 is 0 Å². The predicted molar refractivity (Wildman–Crippen MR) is 148 cm³/mol. The summed E-state index contributed by atoms with van der Waals surface area (Å²) in [5.41, 5.74) is 9.30. The van der Waals surface area contributed by atoms with Crippen molar-refractivity contribution in [3.8, 4) is 17.2 Å². The van der Waals surface area contributed by atoms with Crippen LogP contribution in [0.2, 0.25) is 0 Å². The molecule has 0 radical (unpaired) electrons. The molecule has 0 bridgehead atoms. The molecule has 0 N–H and O–H groups in total. The van der Waals surface area contributed by atoms with Crippen LogP contribution >= 0.6 is 0 Å². The zero-order valence-electron chi connectivity index (χ0n) is 20.6. The molecule has 3 heteroatoms. The lowest BCUT2D eigenvalue weighted by Crippen LogP contribution is -2.23. The van der Waals surface area contributed by atoms with Crippen LogP contribution in [-0.2, 0) is 10.2 Å². The average molecular weight is 469 g/mol. The molecule has 0 aliphatic heterocycles. The normalized spacial score (nSPS) is 13.4. The maximum absolute atomic E-state index is 11.2. The highest BCUT2D eigenvalue weighted by Crippen LogP contribution is 2.54. The lowest BCUT2D eigenvalue weighted by atomic mass is 9.73. The van der Waals surface area contributed by atoms with E-state index >= 15 is 0 Å². The minimum absolute atomic E-state index is 0.132. The van der Waals surface area contributed by atoms with Crippen molar-refractivity contribution >= 4 is 29.4 Å². The van der Waals surface area contributed by atoms with E-state index in [1.54, 1.807) is 6.08 Å². The van der Waals surface area contributed by atoms with E-state index in [0.29, 0.717) is 6.29 Å². The molecule has 36 heavy (non-hydrogen) atoms. The molecule has 176 valence electrons. The van der Waals surface area contributed by atoms with Crippen LogP contribution < -0.4 is 4.90 Å². The third kappa shape index (κ3) is 3.82. The van der Waals surface area contributed by atoms with Crippen molar-refractivity contribution < 1.29 is 4.79 Å². The highest BCUT2D eigenvalue weighted by Gasteiger charge is 2.41. The average Bonchev–Trinajstić information content (AvgIpc) is 3.21. The van der Waals surface area contributed by atoms with Gasteiger partial charge in [0, 0.05) is 22.5 Å². The Hall–Kier alpha value is -4.42. The van der Waals surface area contributed by atoms with Crippen LogP contribution in [0.3, 0.4) is 0 Å². The van der Waals surface area contributed by atoms with Crippen LogP contribution in [0.4, 0.5) is 17.1 Å². The number of benzene rings is 4. The fraction of sp³-hybridized carbons (Fsp3) is 0.152. The van der Waals surface area contributed by atoms with Gasteiger partial charge in [0.15, 0.2) is 6.29 Å². The van der Waals surface area contributed by atoms with Gasteiger partial charge in [-0.15, -0.1) is 0 Å². The van der Waals surface area contributed by atoms with Gasteiger partial charge in [-0.2, -0.15) is 5.26 Å². The van der Waals surface area contributed by atoms with Crippen LogP contribution in [-0.4, -0.2) is 6.29 Å². The second kappa shape index (κ2) is 9.68. The minimum Gasteiger partial charge on any atom is -0.310 e. The summed E-state index contributed by atoms with van der Waals surface area (Å²) in [6.45, 7) is 4.49. The first-order valence-electron chi connectivity index (χ1n) is 12.4. The molecule has 0 saturated carbocycles. The summed E-state index contributed by atoms with van der Waals surface area (Å²) in [6, 6.07) is 36.0. The van der Waals surface area contributed by atoms with Crippen LogP contribution in [0, 0.1) is 11.3 Å². The van der Waals surface area contributed by atoms with E-state index in [0.717, 1.165) is 35.5 Å². The summed E-state index contributed by atoms with van der Waals surface area (Å²) in [5.74, 6) is 0. The van der Waals surface area contributed by atoms with Crippen LogP contribution in [0.5, 0.6) is 0 Å². The van der Waals surface area contributed by atoms with Gasteiger partial charge in [-0.25, -0.2) is 0 Å². The number of rotatable bonds is 7. The number of hydrogen-bond acceptors (Lipinski definition) is 3. The highest BCUT2D eigenvalue weighted by atomic mass is 16.1. The molecule has 0 atom stereocenters. The number of anilines is 3. The topological polar surface area (TPSA) is 44.1 Å². The van der Waals surface area contributed by atoms with E-state index in [-0.39, 0.29) is 11.0 Å². The molecule has 4 aromatic carbocycles. The van der Waals surface area contributed by atoms with Gasteiger partial charge in [0.2, 0.25) is 0 Å². The van der Waals surface area contributed by atoms with Crippen molar-refractivity contribution in [2.75, 3.05) is 4.90 Å². The molecule has 1 aliphatic rings. The Kier molecular flexibility index (Phi) is 6.27. The number of aldehydes is 1. The molecule has 0 saturated heterocycles. The summed E-state index contributed by atoms with van der Waals surface area (Å²) >= 11 is 0. The van der Waals surface area contributed by atoms with Crippen molar-refractivity contribution in [1.82, 2.24) is 0 Å². The molecule has 3 nitrogen and oxygen atoms in total. The van der Waals surface area contributed by atoms with Gasteiger partial charge in [-0.3, -0.25) is 4.79 Å². The summed E-state index contributed by atoms with van der Waals surface area (Å²) in [7, 11) is 0. The first kappa shape index (κ1) is 23.3. The Labute approximate surface area is 213 Å². The third-order valence-corrected chi connectivity index (χ3v) is 7.44. The Morgan fingerprint density at radius 1 is 0.778 bits per heavy atom. The predicted octanol–water partition coefficient (Wildman–Crippen LogP) is 8.35. The summed E-state index contributed by atoms with van der Waals surface area (Å²) < 4.78 is 0. The van der Waals surface area contributed by atoms with Gasteiger partial charge in [0.25, 0.3) is 0 Å². The number of carbonyl (C=O) groups is 1. The molecular weight excluding hydrogens is 440 g/mol. The maximum Gasteiger partial charge on any atom is 0.160 e. The Morgan fingerprint density at radius 3 is 1.86 bits per heavy atom. The summed E-state index contributed by atoms with van der Waals surface area (Å²) in [4.78, 5) is 13.5. The van der Waals surface area contributed by atoms with Crippen molar-refractivity contribution in [3.63, 3.8) is 0 Å². The zero-order chi connectivity index (χ0) is 25.1. The first-order valence-corrected chi connectivity index (χ1v) is 12.4. The third-order valence-electron chi connectivity index (χ3n) is 7.44. The van der Waals surface area contributed by atoms with Crippen molar-refractivity contribution in [2.24, 2.45) is 0 Å². The number of carbonyl (C=O) groups excluding carboxylic acids is 1. The molecule has 0 amide bonds. The number of para-hydroxylation sites is 2. The number of hydrogen-bond donors (Lipinski definition) is 0. The number of nitrogens with zero attached hydrogens (tertiary/aromatic N) is 2. The highest BCUT2D eigenvalue weighted by molar-refractivity contribution is 5.89. The van der Waals surface area contributed by atoms with Crippen molar-refractivity contribution in [1.29, 1.82) is 5.26 Å². The lowest BCUT2D eigenvalue weighted by molar-refractivity contribution is -0.104. The van der Waals surface area contributed by atoms with E-state index in [9.17, 15) is 10.1 Å². The minimum atomic E-state index is -0.141. The second-order valence-corrected chi connectivity index (χ2v) is 9.16. The maximum atomic E-state index is 11.2. The van der Waals surface area contributed by atoms with Gasteiger partial charge < -0.3 is 4.90 Å². The molecule has 0 spiro atoms. The van der Waals surface area contributed by atoms with Gasteiger partial charge in [0.05, 0.1) is 5.57 Å². The van der Waals surface area contributed by atoms with Crippen LogP contribution in [0.1, 0.15) is 43.4 Å². The molecule has 1 aliphatic carbocycles. The van der Waals surface area contributed by atoms with Crippen molar-refractivity contribution in [2.45, 2.75) is 32.1 Å². The number of fused-ring (bicyclic) bond motifs is 3. The molecule has 5 rings (SSSR count). The standard InChI is InChI=1S/C33H28N2O/c1-3-33(4-2)31-20-24(19-25(22-34)23-36)15-17-29(31)30-18-16-28(21-32(30)33)35(26-11-7-5-8-12-26)27-13-9-6-10-14-27/h5-21,23H,3-4H2,1-2H3/b25-19-. The van der Waals surface area contributed by atoms with E-state index in [2.05, 4.69) is 97.6 Å². The zero-order valence-corrected chi connectivity index (χ0v) is 20.6. The molecular formula is C33H28N2O. The lowest BCUT2D eigenvalue weighted by Gasteiger charge is -2.32. The van der Waals surface area contributed by atoms with Crippen LogP contribution in [0.25, 0.3) is 17.2 Å². The fourth-order valence-corrected chi connectivity index (χ4v) is 5.62. The summed E-state index contributed by atoms with van der Waals surface area (Å²) in [6.07, 6.45) is 4.19. The van der Waals surface area contributed by atoms with E-state index in [1.807, 2.05) is 24.3 Å². The largest absolute Gasteiger partial charge is 0.310 e. The summed E-state index contributed by atoms with van der Waals surface area (Å²) in [5, 5.41) is 9.23. The second-order valence-electron chi connectivity index (χ2n) is 9.16. The smallest absolute Gasteiger partial charge is 0.160 e. The Bertz CT molecular complexity index is 1440. The number of allylic oxidation sites excluding steroid dienone is 1. The Balaban J connectivity index is 1.69. The van der Waals surface area contributed by atoms with Crippen LogP contribution in [0.15, 0.2) is 103 Å². The van der Waals surface area contributed by atoms with E-state index in [4.69, 9.17) is 0 Å². The van der Waals surface area contributed by atoms with Gasteiger partial charge in [0.1, 0.15) is 6.07 Å². The quantitative estimate of drug-likeness (QED) is 0.155. The Morgan fingerprint density at radius 2 is 1.33 bits per heavy atom. The SMILES string of the molecule is CCC1(CC)c2cc(/C=C(/C#N)C=O)ccc2-c2ccc(N(c3ccccc3)c3ccccc3)cc21. The molecule has 0 aromatic heterocycles. The fourth-order valence-electron chi connectivity index (χ4n) is 5.62. The number of nitriles is 1. The van der Waals surface area contributed by atoms with Gasteiger partial charge >= 0.3 is 0 Å². The molecule has 0 unspecified atom stereocenters. The van der Waals surface area contributed by atoms with Crippen molar-refractivity contribution in [3.05, 3.63) is 119 Å². The molecule has 0 heterocycles. The van der Waals surface area contributed by atoms with Gasteiger partial charge in [-0.1, -0.05) is 74.5 Å². The van der Waals surface area contributed by atoms with E-state index in [1.165, 1.54) is 22.3 Å². The van der Waals surface area contributed by atoms with Gasteiger partial charge in [-0.05, 0) is 83.1 Å². The molecule has 4 aromatic rings. The first-order chi connectivity index (χ1) is 17.6.